The molecule has 16 heavy (non-hydrogen) atoms. The molecule has 2 nitrogen and oxygen atoms in total. The monoisotopic (exact) mass is 209 g/mol. The van der Waals surface area contributed by atoms with Gasteiger partial charge in [0.25, 0.3) is 0 Å². The first kappa shape index (κ1) is 10.3. The van der Waals surface area contributed by atoms with E-state index >= 15 is 0 Å². The Morgan fingerprint density at radius 3 is 2.25 bits per heavy atom. The van der Waals surface area contributed by atoms with Crippen LogP contribution in [0.1, 0.15) is 0 Å². The highest BCUT2D eigenvalue weighted by Gasteiger charge is 1.97. The van der Waals surface area contributed by atoms with Gasteiger partial charge >= 0.3 is 0 Å². The third-order valence-corrected chi connectivity index (χ3v) is 2.19. The zero-order valence-electron chi connectivity index (χ0n) is 8.76. The molecule has 78 valence electrons. The number of hydrogen-bond donors (Lipinski definition) is 0. The highest BCUT2D eigenvalue weighted by molar-refractivity contribution is 5.63. The van der Waals surface area contributed by atoms with E-state index in [1.54, 1.807) is 12.4 Å². The minimum absolute atomic E-state index is 0.300. The second kappa shape index (κ2) is 4.99. The Morgan fingerprint density at radius 2 is 1.62 bits per heavy atom. The van der Waals surface area contributed by atoms with Crippen molar-refractivity contribution < 1.29 is 4.74 Å². The lowest BCUT2D eigenvalue weighted by molar-refractivity contribution is 0.370. The minimum atomic E-state index is 0.300. The van der Waals surface area contributed by atoms with Gasteiger partial charge in [-0.3, -0.25) is 4.98 Å². The summed E-state index contributed by atoms with van der Waals surface area (Å²) in [5, 5.41) is 0. The highest BCUT2D eigenvalue weighted by atomic mass is 16.5. The van der Waals surface area contributed by atoms with E-state index in [1.807, 2.05) is 36.4 Å². The zero-order chi connectivity index (χ0) is 11.2. The van der Waals surface area contributed by atoms with Gasteiger partial charge in [-0.2, -0.15) is 0 Å². The predicted molar refractivity (Wildman–Crippen MR) is 64.0 cm³/mol. The second-order valence-electron chi connectivity index (χ2n) is 3.25. The van der Waals surface area contributed by atoms with Crippen molar-refractivity contribution >= 4 is 0 Å². The van der Waals surface area contributed by atoms with Crippen molar-refractivity contribution in [1.29, 1.82) is 0 Å². The average Bonchev–Trinajstić information content (AvgIpc) is 2.38. The van der Waals surface area contributed by atoms with Crippen molar-refractivity contribution in [1.82, 2.24) is 4.98 Å². The summed E-state index contributed by atoms with van der Waals surface area (Å²) in [6.45, 7) is 0.300. The number of ether oxygens (including phenoxy) is 1. The number of pyridine rings is 1. The number of aromatic nitrogens is 1. The zero-order valence-corrected chi connectivity index (χ0v) is 8.76. The molecule has 1 aromatic carbocycles. The molecular weight excluding hydrogens is 198 g/mol. The number of hydrogen-bond acceptors (Lipinski definition) is 2. The van der Waals surface area contributed by atoms with Gasteiger partial charge in [0.2, 0.25) is 0 Å². The Morgan fingerprint density at radius 1 is 1.00 bits per heavy atom. The van der Waals surface area contributed by atoms with Crippen LogP contribution in [0.2, 0.25) is 0 Å². The van der Waals surface area contributed by atoms with E-state index in [4.69, 9.17) is 11.2 Å². The molecule has 0 saturated carbocycles. The Balaban J connectivity index is 2.17. The molecule has 0 aliphatic carbocycles. The summed E-state index contributed by atoms with van der Waals surface area (Å²) < 4.78 is 5.30. The molecule has 2 aromatic rings. The van der Waals surface area contributed by atoms with Crippen LogP contribution in [0.15, 0.2) is 48.8 Å². The lowest BCUT2D eigenvalue weighted by Crippen LogP contribution is -1.92. The van der Waals surface area contributed by atoms with Crippen molar-refractivity contribution in [3.8, 4) is 29.2 Å². The van der Waals surface area contributed by atoms with Gasteiger partial charge in [-0.05, 0) is 35.4 Å². The smallest absolute Gasteiger partial charge is 0.148 e. The maximum Gasteiger partial charge on any atom is 0.148 e. The van der Waals surface area contributed by atoms with E-state index in [1.165, 1.54) is 0 Å². The van der Waals surface area contributed by atoms with Crippen LogP contribution in [0.3, 0.4) is 0 Å². The van der Waals surface area contributed by atoms with E-state index in [9.17, 15) is 0 Å². The first-order valence-corrected chi connectivity index (χ1v) is 4.97. The van der Waals surface area contributed by atoms with Crippen molar-refractivity contribution in [3.63, 3.8) is 0 Å². The van der Waals surface area contributed by atoms with E-state index in [0.717, 1.165) is 16.9 Å². The number of nitrogens with zero attached hydrogens (tertiary/aromatic N) is 1. The van der Waals surface area contributed by atoms with Crippen LogP contribution in [-0.4, -0.2) is 11.6 Å². The van der Waals surface area contributed by atoms with Crippen LogP contribution < -0.4 is 4.74 Å². The fraction of sp³-hybridized carbons (Fsp3) is 0.0714. The van der Waals surface area contributed by atoms with Crippen molar-refractivity contribution in [3.05, 3.63) is 48.8 Å². The molecule has 0 unspecified atom stereocenters. The Labute approximate surface area is 94.9 Å². The molecule has 0 aliphatic heterocycles. The Bertz CT molecular complexity index is 482. The molecule has 0 fully saturated rings. The molecule has 0 bridgehead atoms. The molecule has 0 radical (unpaired) electrons. The summed E-state index contributed by atoms with van der Waals surface area (Å²) in [4.78, 5) is 3.98. The fourth-order valence-electron chi connectivity index (χ4n) is 1.41. The first-order chi connectivity index (χ1) is 7.90. The topological polar surface area (TPSA) is 22.1 Å². The van der Waals surface area contributed by atoms with E-state index < -0.39 is 0 Å². The summed E-state index contributed by atoms with van der Waals surface area (Å²) in [5.41, 5.74) is 2.27. The summed E-state index contributed by atoms with van der Waals surface area (Å²) in [6.07, 6.45) is 8.67. The predicted octanol–water partition coefficient (Wildman–Crippen LogP) is 2.76. The van der Waals surface area contributed by atoms with E-state index in [2.05, 4.69) is 10.9 Å². The average molecular weight is 209 g/mol. The van der Waals surface area contributed by atoms with E-state index in [-0.39, 0.29) is 0 Å². The maximum atomic E-state index is 5.30. The molecular formula is C14H11NO. The molecule has 0 atom stereocenters. The van der Waals surface area contributed by atoms with Gasteiger partial charge in [0.05, 0.1) is 0 Å². The van der Waals surface area contributed by atoms with Crippen LogP contribution in [0, 0.1) is 12.3 Å². The number of terminal acetylenes is 1. The summed E-state index contributed by atoms with van der Waals surface area (Å²) in [6, 6.07) is 11.8. The third kappa shape index (κ3) is 2.40. The van der Waals surface area contributed by atoms with Crippen LogP contribution in [-0.2, 0) is 0 Å². The molecule has 2 heteroatoms. The van der Waals surface area contributed by atoms with E-state index in [0.29, 0.717) is 6.61 Å². The molecule has 1 heterocycles. The van der Waals surface area contributed by atoms with Gasteiger partial charge in [-0.25, -0.2) is 0 Å². The van der Waals surface area contributed by atoms with Crippen LogP contribution in [0.5, 0.6) is 5.75 Å². The maximum absolute atomic E-state index is 5.30. The van der Waals surface area contributed by atoms with Gasteiger partial charge < -0.3 is 4.74 Å². The standard InChI is InChI=1S/C14H11NO/c1-2-11-16-14-5-3-12(4-6-14)13-7-9-15-10-8-13/h1,3-10H,11H2. The number of rotatable bonds is 3. The molecule has 0 aliphatic rings. The highest BCUT2D eigenvalue weighted by Crippen LogP contribution is 2.21. The van der Waals surface area contributed by atoms with Crippen LogP contribution in [0.25, 0.3) is 11.1 Å². The molecule has 0 amide bonds. The molecule has 0 saturated heterocycles. The van der Waals surface area contributed by atoms with Crippen LogP contribution >= 0.6 is 0 Å². The fourth-order valence-corrected chi connectivity index (χ4v) is 1.41. The van der Waals surface area contributed by atoms with Crippen molar-refractivity contribution in [2.24, 2.45) is 0 Å². The quantitative estimate of drug-likeness (QED) is 0.725. The largest absolute Gasteiger partial charge is 0.481 e. The van der Waals surface area contributed by atoms with Gasteiger partial charge in [-0.15, -0.1) is 6.42 Å². The first-order valence-electron chi connectivity index (χ1n) is 4.97. The lowest BCUT2D eigenvalue weighted by atomic mass is 10.1. The second-order valence-corrected chi connectivity index (χ2v) is 3.25. The van der Waals surface area contributed by atoms with Gasteiger partial charge in [-0.1, -0.05) is 18.1 Å². The number of benzene rings is 1. The van der Waals surface area contributed by atoms with Crippen molar-refractivity contribution in [2.75, 3.05) is 6.61 Å². The molecule has 0 spiro atoms. The van der Waals surface area contributed by atoms with Gasteiger partial charge in [0.15, 0.2) is 0 Å². The van der Waals surface area contributed by atoms with Gasteiger partial charge in [0.1, 0.15) is 12.4 Å². The Hall–Kier alpha value is -2.27. The van der Waals surface area contributed by atoms with Crippen molar-refractivity contribution in [2.45, 2.75) is 0 Å². The molecule has 0 N–H and O–H groups in total. The molecule has 1 aromatic heterocycles. The normalized spacial score (nSPS) is 9.44. The summed E-state index contributed by atoms with van der Waals surface area (Å²) >= 11 is 0. The molecule has 2 rings (SSSR count). The SMILES string of the molecule is C#CCOc1ccc(-c2ccncc2)cc1. The van der Waals surface area contributed by atoms with Crippen LogP contribution in [0.4, 0.5) is 0 Å². The minimum Gasteiger partial charge on any atom is -0.481 e. The Kier molecular flexibility index (Phi) is 3.20. The summed E-state index contributed by atoms with van der Waals surface area (Å²) in [7, 11) is 0. The lowest BCUT2D eigenvalue weighted by Gasteiger charge is -2.04. The summed E-state index contributed by atoms with van der Waals surface area (Å²) in [5.74, 6) is 3.22. The van der Waals surface area contributed by atoms with Gasteiger partial charge in [0, 0.05) is 12.4 Å². The third-order valence-electron chi connectivity index (χ3n) is 2.19.